The molecule has 5 nitrogen and oxygen atoms in total. The third-order valence-corrected chi connectivity index (χ3v) is 5.01. The molecule has 1 fully saturated rings. The van der Waals surface area contributed by atoms with Crippen molar-refractivity contribution in [1.82, 2.24) is 19.7 Å². The van der Waals surface area contributed by atoms with Crippen LogP contribution in [-0.2, 0) is 0 Å². The van der Waals surface area contributed by atoms with Gasteiger partial charge in [0.2, 0.25) is 0 Å². The number of hydrogen-bond acceptors (Lipinski definition) is 5. The van der Waals surface area contributed by atoms with Crippen LogP contribution in [0.3, 0.4) is 0 Å². The van der Waals surface area contributed by atoms with Crippen LogP contribution in [0.2, 0.25) is 0 Å². The third-order valence-electron chi connectivity index (χ3n) is 4.46. The molecule has 0 aliphatic carbocycles. The van der Waals surface area contributed by atoms with E-state index in [1.165, 1.54) is 19.3 Å². The SMILES string of the molecule is CSc1nc(N2CCCCC2)c2cnn(/C=C/c3ccccc3)c2n1. The van der Waals surface area contributed by atoms with Crippen molar-refractivity contribution in [2.75, 3.05) is 24.2 Å². The molecule has 4 rings (SSSR count). The summed E-state index contributed by atoms with van der Waals surface area (Å²) in [5.74, 6) is 1.02. The van der Waals surface area contributed by atoms with Crippen molar-refractivity contribution in [2.45, 2.75) is 24.4 Å². The molecule has 0 bridgehead atoms. The number of benzene rings is 1. The zero-order chi connectivity index (χ0) is 17.1. The molecule has 1 saturated heterocycles. The molecular formula is C19H21N5S. The summed E-state index contributed by atoms with van der Waals surface area (Å²) in [5, 5.41) is 6.35. The van der Waals surface area contributed by atoms with E-state index in [1.54, 1.807) is 11.8 Å². The molecule has 0 radical (unpaired) electrons. The summed E-state index contributed by atoms with van der Waals surface area (Å²) < 4.78 is 1.84. The van der Waals surface area contributed by atoms with Gasteiger partial charge in [-0.15, -0.1) is 0 Å². The van der Waals surface area contributed by atoms with E-state index in [-0.39, 0.29) is 0 Å². The molecule has 0 amide bonds. The Kier molecular flexibility index (Phi) is 4.70. The van der Waals surface area contributed by atoms with E-state index in [9.17, 15) is 0 Å². The van der Waals surface area contributed by atoms with Gasteiger partial charge in [0.15, 0.2) is 10.8 Å². The lowest BCUT2D eigenvalue weighted by Gasteiger charge is -2.28. The van der Waals surface area contributed by atoms with Gasteiger partial charge in [-0.1, -0.05) is 42.1 Å². The van der Waals surface area contributed by atoms with E-state index in [2.05, 4.69) is 22.1 Å². The largest absolute Gasteiger partial charge is 0.356 e. The van der Waals surface area contributed by atoms with E-state index in [0.717, 1.165) is 40.7 Å². The van der Waals surface area contributed by atoms with Crippen molar-refractivity contribution in [2.24, 2.45) is 0 Å². The van der Waals surface area contributed by atoms with Crippen molar-refractivity contribution in [3.63, 3.8) is 0 Å². The highest BCUT2D eigenvalue weighted by Crippen LogP contribution is 2.28. The van der Waals surface area contributed by atoms with E-state index < -0.39 is 0 Å². The van der Waals surface area contributed by atoms with Gasteiger partial charge in [0.05, 0.1) is 11.6 Å². The summed E-state index contributed by atoms with van der Waals surface area (Å²) in [6.07, 6.45) is 11.7. The number of aromatic nitrogens is 4. The Bertz CT molecular complexity index is 881. The highest BCUT2D eigenvalue weighted by atomic mass is 32.2. The second-order valence-corrected chi connectivity index (χ2v) is 6.91. The zero-order valence-electron chi connectivity index (χ0n) is 14.3. The van der Waals surface area contributed by atoms with Crippen molar-refractivity contribution in [3.8, 4) is 0 Å². The van der Waals surface area contributed by atoms with Crippen LogP contribution in [0.1, 0.15) is 24.8 Å². The summed E-state index contributed by atoms with van der Waals surface area (Å²) in [7, 11) is 0. The lowest BCUT2D eigenvalue weighted by molar-refractivity contribution is 0.573. The quantitative estimate of drug-likeness (QED) is 0.521. The molecule has 1 aliphatic rings. The van der Waals surface area contributed by atoms with Crippen LogP contribution in [0.25, 0.3) is 23.3 Å². The van der Waals surface area contributed by atoms with Gasteiger partial charge in [-0.3, -0.25) is 0 Å². The van der Waals surface area contributed by atoms with Gasteiger partial charge >= 0.3 is 0 Å². The third kappa shape index (κ3) is 3.39. The monoisotopic (exact) mass is 351 g/mol. The van der Waals surface area contributed by atoms with Gasteiger partial charge in [-0.25, -0.2) is 14.6 Å². The minimum Gasteiger partial charge on any atom is -0.356 e. The van der Waals surface area contributed by atoms with Crippen molar-refractivity contribution in [3.05, 3.63) is 42.1 Å². The van der Waals surface area contributed by atoms with E-state index in [0.29, 0.717) is 0 Å². The molecule has 3 heterocycles. The predicted molar refractivity (Wildman–Crippen MR) is 105 cm³/mol. The van der Waals surface area contributed by atoms with Crippen LogP contribution in [0, 0.1) is 0 Å². The molecule has 3 aromatic rings. The number of thioether (sulfide) groups is 1. The molecule has 1 aromatic carbocycles. The number of nitrogens with zero attached hydrogens (tertiary/aromatic N) is 5. The van der Waals surface area contributed by atoms with E-state index >= 15 is 0 Å². The molecule has 128 valence electrons. The summed E-state index contributed by atoms with van der Waals surface area (Å²) in [6.45, 7) is 2.12. The van der Waals surface area contributed by atoms with Crippen LogP contribution in [-0.4, -0.2) is 39.1 Å². The Morgan fingerprint density at radius 1 is 1.04 bits per heavy atom. The van der Waals surface area contributed by atoms with E-state index in [1.807, 2.05) is 47.6 Å². The Labute approximate surface area is 151 Å². The van der Waals surface area contributed by atoms with E-state index in [4.69, 9.17) is 9.97 Å². The fourth-order valence-electron chi connectivity index (χ4n) is 3.16. The first-order chi connectivity index (χ1) is 12.3. The van der Waals surface area contributed by atoms with Crippen molar-refractivity contribution < 1.29 is 0 Å². The number of hydrogen-bond donors (Lipinski definition) is 0. The fraction of sp³-hybridized carbons (Fsp3) is 0.316. The summed E-state index contributed by atoms with van der Waals surface area (Å²) in [5.41, 5.74) is 2.01. The molecule has 0 N–H and O–H groups in total. The first-order valence-corrected chi connectivity index (χ1v) is 9.85. The fourth-order valence-corrected chi connectivity index (χ4v) is 3.51. The number of rotatable bonds is 4. The molecule has 2 aromatic heterocycles. The first-order valence-electron chi connectivity index (χ1n) is 8.62. The van der Waals surface area contributed by atoms with Gasteiger partial charge < -0.3 is 4.90 Å². The second-order valence-electron chi connectivity index (χ2n) is 6.13. The maximum atomic E-state index is 4.78. The lowest BCUT2D eigenvalue weighted by Crippen LogP contribution is -2.30. The standard InChI is InChI=1S/C19H21N5S/c1-25-19-21-17(23-11-6-3-7-12-23)16-14-20-24(18(16)22-19)13-10-15-8-4-2-5-9-15/h2,4-5,8-10,13-14H,3,6-7,11-12H2,1H3/b13-10+. The summed E-state index contributed by atoms with van der Waals surface area (Å²) in [6, 6.07) is 10.2. The Morgan fingerprint density at radius 2 is 1.84 bits per heavy atom. The minimum atomic E-state index is 0.794. The summed E-state index contributed by atoms with van der Waals surface area (Å²) in [4.78, 5) is 11.8. The molecule has 0 unspecified atom stereocenters. The first kappa shape index (κ1) is 16.1. The number of piperidine rings is 1. The van der Waals surface area contributed by atoms with Gasteiger partial charge in [0.25, 0.3) is 0 Å². The van der Waals surface area contributed by atoms with Crippen molar-refractivity contribution in [1.29, 1.82) is 0 Å². The Hall–Kier alpha value is -2.34. The number of anilines is 1. The van der Waals surface area contributed by atoms with Crippen molar-refractivity contribution >= 4 is 40.9 Å². The minimum absolute atomic E-state index is 0.794. The Morgan fingerprint density at radius 3 is 2.60 bits per heavy atom. The molecule has 6 heteroatoms. The Balaban J connectivity index is 1.75. The average Bonchev–Trinajstić information content (AvgIpc) is 3.10. The maximum absolute atomic E-state index is 4.78. The molecule has 1 aliphatic heterocycles. The normalized spacial score (nSPS) is 15.3. The molecular weight excluding hydrogens is 330 g/mol. The van der Waals surface area contributed by atoms with Crippen LogP contribution >= 0.6 is 11.8 Å². The van der Waals surface area contributed by atoms with Crippen LogP contribution in [0.15, 0.2) is 41.7 Å². The van der Waals surface area contributed by atoms with Gasteiger partial charge in [-0.05, 0) is 37.2 Å². The molecule has 0 atom stereocenters. The van der Waals surface area contributed by atoms with Gasteiger partial charge in [-0.2, -0.15) is 5.10 Å². The highest BCUT2D eigenvalue weighted by molar-refractivity contribution is 7.98. The number of fused-ring (bicyclic) bond motifs is 1. The molecule has 0 saturated carbocycles. The van der Waals surface area contributed by atoms with Crippen LogP contribution < -0.4 is 4.90 Å². The van der Waals surface area contributed by atoms with Crippen LogP contribution in [0.4, 0.5) is 5.82 Å². The average molecular weight is 351 g/mol. The maximum Gasteiger partial charge on any atom is 0.191 e. The highest BCUT2D eigenvalue weighted by Gasteiger charge is 2.19. The van der Waals surface area contributed by atoms with Gasteiger partial charge in [0.1, 0.15) is 5.82 Å². The molecule has 0 spiro atoms. The second kappa shape index (κ2) is 7.27. The molecule has 25 heavy (non-hydrogen) atoms. The zero-order valence-corrected chi connectivity index (χ0v) is 15.1. The topological polar surface area (TPSA) is 46.8 Å². The lowest BCUT2D eigenvalue weighted by atomic mass is 10.1. The predicted octanol–water partition coefficient (Wildman–Crippen LogP) is 4.17. The van der Waals surface area contributed by atoms with Crippen LogP contribution in [0.5, 0.6) is 0 Å². The smallest absolute Gasteiger partial charge is 0.191 e. The summed E-state index contributed by atoms with van der Waals surface area (Å²) >= 11 is 1.57. The van der Waals surface area contributed by atoms with Gasteiger partial charge in [0, 0.05) is 19.3 Å².